The molecular weight excluding hydrogens is 245 g/mol. The predicted octanol–water partition coefficient (Wildman–Crippen LogP) is 3.11. The Balaban J connectivity index is 1.59. The first kappa shape index (κ1) is 12.1. The lowest BCUT2D eigenvalue weighted by Crippen LogP contribution is -2.06. The van der Waals surface area contributed by atoms with Crippen molar-refractivity contribution in [3.8, 4) is 5.75 Å². The summed E-state index contributed by atoms with van der Waals surface area (Å²) in [5.41, 5.74) is 0.885. The van der Waals surface area contributed by atoms with E-state index in [4.69, 9.17) is 4.74 Å². The minimum atomic E-state index is -0.502. The van der Waals surface area contributed by atoms with Crippen LogP contribution in [0.4, 0.5) is 4.39 Å². The van der Waals surface area contributed by atoms with Crippen molar-refractivity contribution in [2.24, 2.45) is 0 Å². The van der Waals surface area contributed by atoms with Gasteiger partial charge in [-0.15, -0.1) is 0 Å². The molecule has 1 aliphatic rings. The highest BCUT2D eigenvalue weighted by Crippen LogP contribution is 2.28. The largest absolute Gasteiger partial charge is 0.486 e. The first-order chi connectivity index (χ1) is 9.31. The molecule has 0 aromatic carbocycles. The number of nitrogens with zero attached hydrogens (tertiary/aromatic N) is 3. The zero-order valence-corrected chi connectivity index (χ0v) is 10.6. The summed E-state index contributed by atoms with van der Waals surface area (Å²) in [5, 5.41) is 4.52. The Bertz CT molecular complexity index is 532. The van der Waals surface area contributed by atoms with Gasteiger partial charge in [-0.2, -0.15) is 9.49 Å². The van der Waals surface area contributed by atoms with Crippen molar-refractivity contribution < 1.29 is 9.13 Å². The van der Waals surface area contributed by atoms with Crippen LogP contribution >= 0.6 is 0 Å². The van der Waals surface area contributed by atoms with Gasteiger partial charge in [0.25, 0.3) is 0 Å². The summed E-state index contributed by atoms with van der Waals surface area (Å²) in [5.74, 6) is 0.0506. The molecule has 1 aliphatic carbocycles. The van der Waals surface area contributed by atoms with E-state index in [0.717, 1.165) is 5.69 Å². The summed E-state index contributed by atoms with van der Waals surface area (Å²) in [4.78, 5) is 3.54. The molecule has 2 aromatic rings. The molecule has 100 valence electrons. The molecule has 0 amide bonds. The molecule has 19 heavy (non-hydrogen) atoms. The number of hydrogen-bond donors (Lipinski definition) is 0. The van der Waals surface area contributed by atoms with Gasteiger partial charge in [-0.05, 0) is 31.0 Å². The lowest BCUT2D eigenvalue weighted by Gasteiger charge is -2.09. The van der Waals surface area contributed by atoms with Gasteiger partial charge in [-0.25, -0.2) is 4.98 Å². The van der Waals surface area contributed by atoms with Crippen LogP contribution in [0.15, 0.2) is 30.6 Å². The highest BCUT2D eigenvalue weighted by molar-refractivity contribution is 5.16. The van der Waals surface area contributed by atoms with Crippen molar-refractivity contribution >= 4 is 0 Å². The third-order valence-electron chi connectivity index (χ3n) is 3.45. The molecule has 0 radical (unpaired) electrons. The zero-order chi connectivity index (χ0) is 13.1. The molecule has 0 spiro atoms. The van der Waals surface area contributed by atoms with Gasteiger partial charge < -0.3 is 4.74 Å². The molecule has 4 nitrogen and oxygen atoms in total. The molecular formula is C14H16FN3O. The van der Waals surface area contributed by atoms with Crippen LogP contribution in [0.3, 0.4) is 0 Å². The van der Waals surface area contributed by atoms with Crippen molar-refractivity contribution in [3.05, 3.63) is 42.2 Å². The van der Waals surface area contributed by atoms with Gasteiger partial charge in [0.1, 0.15) is 12.4 Å². The van der Waals surface area contributed by atoms with Gasteiger partial charge in [0.15, 0.2) is 0 Å². The summed E-state index contributed by atoms with van der Waals surface area (Å²) < 4.78 is 20.2. The molecule has 3 rings (SSSR count). The fraction of sp³-hybridized carbons (Fsp3) is 0.429. The molecule has 0 atom stereocenters. The standard InChI is InChI=1S/C14H16FN3O/c15-14-6-5-13(9-16-14)19-10-11-7-8-18(17-11)12-3-1-2-4-12/h5-9,12H,1-4,10H2. The fourth-order valence-electron chi connectivity index (χ4n) is 2.43. The van der Waals surface area contributed by atoms with Crippen molar-refractivity contribution in [2.45, 2.75) is 38.3 Å². The second-order valence-corrected chi connectivity index (χ2v) is 4.83. The van der Waals surface area contributed by atoms with E-state index in [2.05, 4.69) is 10.1 Å². The van der Waals surface area contributed by atoms with Crippen LogP contribution in [0, 0.1) is 5.95 Å². The second-order valence-electron chi connectivity index (χ2n) is 4.83. The Morgan fingerprint density at radius 1 is 1.26 bits per heavy atom. The lowest BCUT2D eigenvalue weighted by molar-refractivity contribution is 0.296. The highest BCUT2D eigenvalue weighted by atomic mass is 19.1. The van der Waals surface area contributed by atoms with Crippen molar-refractivity contribution in [1.29, 1.82) is 0 Å². The van der Waals surface area contributed by atoms with Crippen LogP contribution in [0.1, 0.15) is 37.4 Å². The molecule has 1 saturated carbocycles. The van der Waals surface area contributed by atoms with Crippen molar-refractivity contribution in [3.63, 3.8) is 0 Å². The summed E-state index contributed by atoms with van der Waals surface area (Å²) in [6, 6.07) is 5.36. The summed E-state index contributed by atoms with van der Waals surface area (Å²) >= 11 is 0. The molecule has 1 fully saturated rings. The predicted molar refractivity (Wildman–Crippen MR) is 68.3 cm³/mol. The molecule has 2 aromatic heterocycles. The molecule has 0 aliphatic heterocycles. The van der Waals surface area contributed by atoms with E-state index < -0.39 is 5.95 Å². The van der Waals surface area contributed by atoms with Crippen LogP contribution in [-0.4, -0.2) is 14.8 Å². The van der Waals surface area contributed by atoms with E-state index in [1.165, 1.54) is 37.9 Å². The molecule has 2 heterocycles. The molecule has 0 N–H and O–H groups in total. The van der Waals surface area contributed by atoms with E-state index in [9.17, 15) is 4.39 Å². The van der Waals surface area contributed by atoms with Gasteiger partial charge in [-0.3, -0.25) is 4.68 Å². The van der Waals surface area contributed by atoms with Crippen LogP contribution in [-0.2, 0) is 6.61 Å². The van der Waals surface area contributed by atoms with E-state index >= 15 is 0 Å². The SMILES string of the molecule is Fc1ccc(OCc2ccn(C3CCCC3)n2)cn1. The highest BCUT2D eigenvalue weighted by Gasteiger charge is 2.17. The summed E-state index contributed by atoms with van der Waals surface area (Å²) in [6.07, 6.45) is 8.39. The van der Waals surface area contributed by atoms with E-state index in [1.807, 2.05) is 16.9 Å². The quantitative estimate of drug-likeness (QED) is 0.794. The molecule has 5 heteroatoms. The molecule has 0 unspecified atom stereocenters. The number of ether oxygens (including phenoxy) is 1. The normalized spacial score (nSPS) is 15.8. The number of hydrogen-bond acceptors (Lipinski definition) is 3. The van der Waals surface area contributed by atoms with E-state index in [1.54, 1.807) is 6.07 Å². The van der Waals surface area contributed by atoms with Crippen LogP contribution in [0.5, 0.6) is 5.75 Å². The molecule has 0 bridgehead atoms. The smallest absolute Gasteiger partial charge is 0.213 e. The third-order valence-corrected chi connectivity index (χ3v) is 3.45. The topological polar surface area (TPSA) is 39.9 Å². The van der Waals surface area contributed by atoms with E-state index in [0.29, 0.717) is 18.4 Å². The first-order valence-electron chi connectivity index (χ1n) is 6.60. The Kier molecular flexibility index (Phi) is 3.44. The van der Waals surface area contributed by atoms with Crippen LogP contribution in [0.2, 0.25) is 0 Å². The van der Waals surface area contributed by atoms with Gasteiger partial charge in [0, 0.05) is 6.20 Å². The summed E-state index contributed by atoms with van der Waals surface area (Å²) in [7, 11) is 0. The van der Waals surface area contributed by atoms with E-state index in [-0.39, 0.29) is 0 Å². The number of aromatic nitrogens is 3. The fourth-order valence-corrected chi connectivity index (χ4v) is 2.43. The van der Waals surface area contributed by atoms with Crippen LogP contribution < -0.4 is 4.74 Å². The third kappa shape index (κ3) is 2.92. The van der Waals surface area contributed by atoms with Gasteiger partial charge in [-0.1, -0.05) is 12.8 Å². The number of pyridine rings is 1. The Morgan fingerprint density at radius 3 is 2.84 bits per heavy atom. The molecule has 0 saturated heterocycles. The first-order valence-corrected chi connectivity index (χ1v) is 6.60. The van der Waals surface area contributed by atoms with Crippen LogP contribution in [0.25, 0.3) is 0 Å². The Morgan fingerprint density at radius 2 is 2.11 bits per heavy atom. The average Bonchev–Trinajstić information content (AvgIpc) is 3.09. The van der Waals surface area contributed by atoms with Gasteiger partial charge in [0.05, 0.1) is 17.9 Å². The Hall–Kier alpha value is -1.91. The van der Waals surface area contributed by atoms with Gasteiger partial charge >= 0.3 is 0 Å². The van der Waals surface area contributed by atoms with Crippen molar-refractivity contribution in [1.82, 2.24) is 14.8 Å². The lowest BCUT2D eigenvalue weighted by atomic mass is 10.3. The number of rotatable bonds is 4. The van der Waals surface area contributed by atoms with Crippen molar-refractivity contribution in [2.75, 3.05) is 0 Å². The minimum Gasteiger partial charge on any atom is -0.486 e. The second kappa shape index (κ2) is 5.38. The maximum absolute atomic E-state index is 12.6. The van der Waals surface area contributed by atoms with Gasteiger partial charge in [0.2, 0.25) is 5.95 Å². The zero-order valence-electron chi connectivity index (χ0n) is 10.6. The summed E-state index contributed by atoms with van der Waals surface area (Å²) in [6.45, 7) is 0.382. The number of halogens is 1. The maximum Gasteiger partial charge on any atom is 0.213 e. The minimum absolute atomic E-state index is 0.382. The maximum atomic E-state index is 12.6. The monoisotopic (exact) mass is 261 g/mol. The average molecular weight is 261 g/mol. The Labute approximate surface area is 111 Å².